The zero-order valence-electron chi connectivity index (χ0n) is 16.2. The molecule has 0 bridgehead atoms. The Morgan fingerprint density at radius 1 is 1.14 bits per heavy atom. The number of nitrogens with zero attached hydrogens (tertiary/aromatic N) is 2. The van der Waals surface area contributed by atoms with Gasteiger partial charge in [0.2, 0.25) is 11.8 Å². The van der Waals surface area contributed by atoms with Gasteiger partial charge >= 0.3 is 0 Å². The molecule has 1 aromatic heterocycles. The summed E-state index contributed by atoms with van der Waals surface area (Å²) in [6.45, 7) is 3.75. The lowest BCUT2D eigenvalue weighted by atomic mass is 10.2. The largest absolute Gasteiger partial charge is 0.497 e. The van der Waals surface area contributed by atoms with Crippen LogP contribution in [0.2, 0.25) is 0 Å². The van der Waals surface area contributed by atoms with Crippen molar-refractivity contribution in [3.63, 3.8) is 0 Å². The lowest BCUT2D eigenvalue weighted by Gasteiger charge is -2.16. The second kappa shape index (κ2) is 8.56. The number of carbonyl (C=O) groups excluding carboxylic acids is 2. The molecule has 0 aliphatic heterocycles. The standard InChI is InChI=1S/C21H24N4O3/c1-4-19(26)22-14(2)21-24-17-10-5-6-11-18(17)25(21)13-20(27)23-15-8-7-9-16(12-15)28-3/h5-12,14H,4,13H2,1-3H3,(H,22,26)(H,23,27). The first-order chi connectivity index (χ1) is 13.5. The summed E-state index contributed by atoms with van der Waals surface area (Å²) in [5, 5.41) is 5.80. The van der Waals surface area contributed by atoms with Gasteiger partial charge in [0.05, 0.1) is 24.2 Å². The number of imidazole rings is 1. The molecule has 0 aliphatic rings. The van der Waals surface area contributed by atoms with Gasteiger partial charge in [0.15, 0.2) is 0 Å². The number of anilines is 1. The van der Waals surface area contributed by atoms with Crippen LogP contribution in [0.5, 0.6) is 5.75 Å². The van der Waals surface area contributed by atoms with Crippen LogP contribution in [0, 0.1) is 0 Å². The predicted molar refractivity (Wildman–Crippen MR) is 108 cm³/mol. The molecule has 0 saturated carbocycles. The zero-order chi connectivity index (χ0) is 20.1. The van der Waals surface area contributed by atoms with Crippen molar-refractivity contribution in [2.24, 2.45) is 0 Å². The van der Waals surface area contributed by atoms with E-state index in [9.17, 15) is 9.59 Å². The van der Waals surface area contributed by atoms with Crippen LogP contribution in [0.4, 0.5) is 5.69 Å². The second-order valence-corrected chi connectivity index (χ2v) is 6.47. The molecule has 0 fully saturated rings. The molecule has 0 spiro atoms. The van der Waals surface area contributed by atoms with Crippen LogP contribution in [-0.2, 0) is 16.1 Å². The van der Waals surface area contributed by atoms with Crippen LogP contribution in [0.15, 0.2) is 48.5 Å². The smallest absolute Gasteiger partial charge is 0.244 e. The number of hydrogen-bond donors (Lipinski definition) is 2. The summed E-state index contributed by atoms with van der Waals surface area (Å²) in [6, 6.07) is 14.5. The number of amides is 2. The zero-order valence-corrected chi connectivity index (χ0v) is 16.2. The van der Waals surface area contributed by atoms with Crippen molar-refractivity contribution >= 4 is 28.5 Å². The van der Waals surface area contributed by atoms with Crippen LogP contribution in [0.3, 0.4) is 0 Å². The molecule has 1 atom stereocenters. The van der Waals surface area contributed by atoms with Crippen LogP contribution < -0.4 is 15.4 Å². The van der Waals surface area contributed by atoms with Crippen molar-refractivity contribution in [2.45, 2.75) is 32.9 Å². The van der Waals surface area contributed by atoms with E-state index in [-0.39, 0.29) is 24.4 Å². The van der Waals surface area contributed by atoms with Gasteiger partial charge in [0.25, 0.3) is 0 Å². The maximum absolute atomic E-state index is 12.7. The van der Waals surface area contributed by atoms with Crippen molar-refractivity contribution in [3.05, 3.63) is 54.4 Å². The third-order valence-corrected chi connectivity index (χ3v) is 4.43. The Kier molecular flexibility index (Phi) is 5.93. The quantitative estimate of drug-likeness (QED) is 0.659. The molecule has 0 aliphatic carbocycles. The Hall–Kier alpha value is -3.35. The second-order valence-electron chi connectivity index (χ2n) is 6.47. The first kappa shape index (κ1) is 19.4. The molecule has 2 amide bonds. The van der Waals surface area contributed by atoms with Crippen molar-refractivity contribution in [3.8, 4) is 5.75 Å². The summed E-state index contributed by atoms with van der Waals surface area (Å²) in [5.41, 5.74) is 2.28. The maximum atomic E-state index is 12.7. The van der Waals surface area contributed by atoms with Gasteiger partial charge in [-0.25, -0.2) is 4.98 Å². The number of methoxy groups -OCH3 is 1. The molecule has 7 heteroatoms. The summed E-state index contributed by atoms with van der Waals surface area (Å²) < 4.78 is 7.03. The summed E-state index contributed by atoms with van der Waals surface area (Å²) in [4.78, 5) is 29.1. The SMILES string of the molecule is CCC(=O)NC(C)c1nc2ccccc2n1CC(=O)Nc1cccc(OC)c1. The molecule has 3 rings (SSSR count). The van der Waals surface area contributed by atoms with Gasteiger partial charge in [-0.3, -0.25) is 9.59 Å². The highest BCUT2D eigenvalue weighted by Gasteiger charge is 2.19. The maximum Gasteiger partial charge on any atom is 0.244 e. The van der Waals surface area contributed by atoms with Crippen LogP contribution in [0.1, 0.15) is 32.1 Å². The Bertz CT molecular complexity index is 996. The molecule has 0 radical (unpaired) electrons. The van der Waals surface area contributed by atoms with Crippen LogP contribution in [-0.4, -0.2) is 28.5 Å². The van der Waals surface area contributed by atoms with Gasteiger partial charge in [0.1, 0.15) is 18.1 Å². The fourth-order valence-corrected chi connectivity index (χ4v) is 3.04. The molecule has 146 valence electrons. The van der Waals surface area contributed by atoms with E-state index in [0.717, 1.165) is 11.0 Å². The molecule has 2 N–H and O–H groups in total. The Balaban J connectivity index is 1.87. The first-order valence-electron chi connectivity index (χ1n) is 9.20. The van der Waals surface area contributed by atoms with Gasteiger partial charge < -0.3 is 19.9 Å². The minimum Gasteiger partial charge on any atom is -0.497 e. The number of benzene rings is 2. The summed E-state index contributed by atoms with van der Waals surface area (Å²) in [7, 11) is 1.58. The number of nitrogens with one attached hydrogen (secondary N) is 2. The topological polar surface area (TPSA) is 85.2 Å². The van der Waals surface area contributed by atoms with E-state index in [2.05, 4.69) is 15.6 Å². The van der Waals surface area contributed by atoms with Gasteiger partial charge in [-0.1, -0.05) is 25.1 Å². The summed E-state index contributed by atoms with van der Waals surface area (Å²) in [5.74, 6) is 1.06. The van der Waals surface area contributed by atoms with Gasteiger partial charge in [0, 0.05) is 18.2 Å². The van der Waals surface area contributed by atoms with Crippen LogP contribution >= 0.6 is 0 Å². The van der Waals surface area contributed by atoms with E-state index < -0.39 is 0 Å². The number of hydrogen-bond acceptors (Lipinski definition) is 4. The third kappa shape index (κ3) is 4.31. The summed E-state index contributed by atoms with van der Waals surface area (Å²) in [6.07, 6.45) is 0.390. The van der Waals surface area contributed by atoms with E-state index in [4.69, 9.17) is 4.74 Å². The van der Waals surface area contributed by atoms with E-state index in [0.29, 0.717) is 23.7 Å². The van der Waals surface area contributed by atoms with Crippen molar-refractivity contribution < 1.29 is 14.3 Å². The molecular weight excluding hydrogens is 356 g/mol. The molecule has 7 nitrogen and oxygen atoms in total. The average molecular weight is 380 g/mol. The minimum atomic E-state index is -0.315. The highest BCUT2D eigenvalue weighted by atomic mass is 16.5. The molecule has 28 heavy (non-hydrogen) atoms. The third-order valence-electron chi connectivity index (χ3n) is 4.43. The normalized spacial score (nSPS) is 11.8. The number of para-hydroxylation sites is 2. The van der Waals surface area contributed by atoms with Crippen molar-refractivity contribution in [1.82, 2.24) is 14.9 Å². The summed E-state index contributed by atoms with van der Waals surface area (Å²) >= 11 is 0. The molecule has 2 aromatic carbocycles. The fourth-order valence-electron chi connectivity index (χ4n) is 3.04. The Labute approximate surface area is 163 Å². The molecule has 0 saturated heterocycles. The first-order valence-corrected chi connectivity index (χ1v) is 9.20. The molecule has 1 heterocycles. The highest BCUT2D eigenvalue weighted by molar-refractivity contribution is 5.92. The molecular formula is C21H24N4O3. The Morgan fingerprint density at radius 3 is 2.68 bits per heavy atom. The lowest BCUT2D eigenvalue weighted by Crippen LogP contribution is -2.29. The molecule has 1 unspecified atom stereocenters. The molecule has 3 aromatic rings. The number of carbonyl (C=O) groups is 2. The highest BCUT2D eigenvalue weighted by Crippen LogP contribution is 2.22. The van der Waals surface area contributed by atoms with Crippen molar-refractivity contribution in [2.75, 3.05) is 12.4 Å². The minimum absolute atomic E-state index is 0.0630. The predicted octanol–water partition coefficient (Wildman–Crippen LogP) is 3.27. The number of ether oxygens (including phenoxy) is 1. The van der Waals surface area contributed by atoms with Crippen LogP contribution in [0.25, 0.3) is 11.0 Å². The Morgan fingerprint density at radius 2 is 1.93 bits per heavy atom. The lowest BCUT2D eigenvalue weighted by molar-refractivity contribution is -0.121. The van der Waals surface area contributed by atoms with E-state index in [1.54, 1.807) is 26.2 Å². The van der Waals surface area contributed by atoms with E-state index in [1.165, 1.54) is 0 Å². The average Bonchev–Trinajstić information content (AvgIpc) is 3.06. The number of fused-ring (bicyclic) bond motifs is 1. The van der Waals surface area contributed by atoms with E-state index in [1.807, 2.05) is 47.9 Å². The number of aromatic nitrogens is 2. The van der Waals surface area contributed by atoms with Gasteiger partial charge in [-0.15, -0.1) is 0 Å². The van der Waals surface area contributed by atoms with E-state index >= 15 is 0 Å². The monoisotopic (exact) mass is 380 g/mol. The fraction of sp³-hybridized carbons (Fsp3) is 0.286. The van der Waals surface area contributed by atoms with Crippen molar-refractivity contribution in [1.29, 1.82) is 0 Å². The van der Waals surface area contributed by atoms with Gasteiger partial charge in [-0.2, -0.15) is 0 Å². The van der Waals surface area contributed by atoms with Gasteiger partial charge in [-0.05, 0) is 31.2 Å². The number of rotatable bonds is 7.